The Hall–Kier alpha value is 0.420. The molecule has 2 saturated heterocycles. The van der Waals surface area contributed by atoms with Crippen LogP contribution in [0, 0.1) is 5.92 Å². The van der Waals surface area contributed by atoms with E-state index in [-0.39, 0.29) is 25.1 Å². The first-order valence-electron chi connectivity index (χ1n) is 7.41. The SMILES string of the molecule is C1CCC(OC2CCCCO2)OC1.OCC(CCl)CCl. The van der Waals surface area contributed by atoms with Gasteiger partial charge in [0.05, 0.1) is 0 Å². The molecule has 0 radical (unpaired) electrons. The Morgan fingerprint density at radius 1 is 0.950 bits per heavy atom. The fourth-order valence-corrected chi connectivity index (χ4v) is 2.47. The van der Waals surface area contributed by atoms with Crippen LogP contribution in [-0.2, 0) is 14.2 Å². The van der Waals surface area contributed by atoms with Crippen molar-refractivity contribution in [1.82, 2.24) is 0 Å². The molecular weight excluding hydrogens is 303 g/mol. The van der Waals surface area contributed by atoms with Crippen LogP contribution >= 0.6 is 23.2 Å². The van der Waals surface area contributed by atoms with Gasteiger partial charge in [0, 0.05) is 37.5 Å². The second kappa shape index (κ2) is 12.0. The summed E-state index contributed by atoms with van der Waals surface area (Å²) in [7, 11) is 0. The minimum atomic E-state index is -0.00292. The van der Waals surface area contributed by atoms with Gasteiger partial charge in [-0.15, -0.1) is 23.2 Å². The lowest BCUT2D eigenvalue weighted by Crippen LogP contribution is -2.31. The summed E-state index contributed by atoms with van der Waals surface area (Å²) in [5.41, 5.74) is 0. The first-order valence-corrected chi connectivity index (χ1v) is 8.48. The van der Waals surface area contributed by atoms with Crippen molar-refractivity contribution >= 4 is 23.2 Å². The third-order valence-corrected chi connectivity index (χ3v) is 4.15. The first kappa shape index (κ1) is 18.5. The van der Waals surface area contributed by atoms with E-state index in [1.54, 1.807) is 0 Å². The van der Waals surface area contributed by atoms with E-state index < -0.39 is 0 Å². The Bertz CT molecular complexity index is 194. The maximum Gasteiger partial charge on any atom is 0.160 e. The lowest BCUT2D eigenvalue weighted by Gasteiger charge is -2.29. The number of rotatable bonds is 5. The number of aliphatic hydroxyl groups is 1. The molecule has 2 aliphatic rings. The van der Waals surface area contributed by atoms with Gasteiger partial charge in [-0.1, -0.05) is 0 Å². The normalized spacial score (nSPS) is 27.0. The zero-order chi connectivity index (χ0) is 14.6. The molecule has 0 spiro atoms. The van der Waals surface area contributed by atoms with E-state index >= 15 is 0 Å². The molecule has 20 heavy (non-hydrogen) atoms. The molecule has 2 unspecified atom stereocenters. The summed E-state index contributed by atoms with van der Waals surface area (Å²) in [5.74, 6) is 0.961. The van der Waals surface area contributed by atoms with Gasteiger partial charge < -0.3 is 19.3 Å². The highest BCUT2D eigenvalue weighted by Gasteiger charge is 2.21. The molecule has 1 N–H and O–H groups in total. The maximum absolute atomic E-state index is 8.36. The minimum absolute atomic E-state index is 0.00292. The Kier molecular flexibility index (Phi) is 11.1. The highest BCUT2D eigenvalue weighted by molar-refractivity contribution is 6.20. The van der Waals surface area contributed by atoms with Gasteiger partial charge in [0.1, 0.15) is 0 Å². The van der Waals surface area contributed by atoms with Crippen molar-refractivity contribution in [1.29, 1.82) is 0 Å². The average molecular weight is 329 g/mol. The van der Waals surface area contributed by atoms with E-state index in [0.717, 1.165) is 26.1 Å². The molecule has 0 bridgehead atoms. The van der Waals surface area contributed by atoms with Crippen molar-refractivity contribution in [2.24, 2.45) is 5.92 Å². The number of hydrogen-bond acceptors (Lipinski definition) is 4. The van der Waals surface area contributed by atoms with Crippen LogP contribution in [0.2, 0.25) is 0 Å². The third-order valence-electron chi connectivity index (χ3n) is 3.27. The molecule has 0 amide bonds. The van der Waals surface area contributed by atoms with Crippen LogP contribution in [0.4, 0.5) is 0 Å². The summed E-state index contributed by atoms with van der Waals surface area (Å²) >= 11 is 10.6. The maximum atomic E-state index is 8.36. The molecule has 0 aromatic heterocycles. The molecular formula is C14H26Cl2O4. The molecule has 2 heterocycles. The fourth-order valence-electron chi connectivity index (χ4n) is 1.95. The summed E-state index contributed by atoms with van der Waals surface area (Å²) in [6.07, 6.45) is 6.83. The van der Waals surface area contributed by atoms with Gasteiger partial charge >= 0.3 is 0 Å². The van der Waals surface area contributed by atoms with Gasteiger partial charge in [-0.25, -0.2) is 0 Å². The predicted molar refractivity (Wildman–Crippen MR) is 80.3 cm³/mol. The van der Waals surface area contributed by atoms with E-state index in [1.165, 1.54) is 25.7 Å². The first-order chi connectivity index (χ1) is 9.80. The van der Waals surface area contributed by atoms with Gasteiger partial charge in [-0.2, -0.15) is 0 Å². The van der Waals surface area contributed by atoms with Gasteiger partial charge in [0.15, 0.2) is 12.6 Å². The van der Waals surface area contributed by atoms with Crippen molar-refractivity contribution < 1.29 is 19.3 Å². The third kappa shape index (κ3) is 8.01. The molecule has 2 fully saturated rings. The molecule has 0 saturated carbocycles. The molecule has 6 heteroatoms. The topological polar surface area (TPSA) is 47.9 Å². The molecule has 2 atom stereocenters. The van der Waals surface area contributed by atoms with Crippen LogP contribution in [-0.4, -0.2) is 49.3 Å². The molecule has 0 aromatic rings. The standard InChI is InChI=1S/C10H18O3.C4H8Cl2O/c1-3-7-11-9(5-1)13-10-6-2-4-8-12-10;5-1-4(2-6)3-7/h9-10H,1-8H2;4,7H,1-3H2. The zero-order valence-electron chi connectivity index (χ0n) is 11.9. The van der Waals surface area contributed by atoms with Crippen molar-refractivity contribution in [3.8, 4) is 0 Å². The van der Waals surface area contributed by atoms with Gasteiger partial charge in [0.2, 0.25) is 0 Å². The number of ether oxygens (including phenoxy) is 3. The van der Waals surface area contributed by atoms with Crippen LogP contribution in [0.15, 0.2) is 0 Å². The molecule has 4 nitrogen and oxygen atoms in total. The lowest BCUT2D eigenvalue weighted by atomic mass is 10.2. The van der Waals surface area contributed by atoms with Gasteiger partial charge in [-0.3, -0.25) is 0 Å². The van der Waals surface area contributed by atoms with Crippen molar-refractivity contribution in [3.63, 3.8) is 0 Å². The largest absolute Gasteiger partial charge is 0.396 e. The Morgan fingerprint density at radius 3 is 1.70 bits per heavy atom. The van der Waals surface area contributed by atoms with Gasteiger partial charge in [-0.05, 0) is 38.5 Å². The molecule has 120 valence electrons. The highest BCUT2D eigenvalue weighted by Crippen LogP contribution is 2.20. The van der Waals surface area contributed by atoms with Crippen LogP contribution in [0.25, 0.3) is 0 Å². The fraction of sp³-hybridized carbons (Fsp3) is 1.00. The summed E-state index contributed by atoms with van der Waals surface area (Å²) in [6.45, 7) is 1.78. The number of hydrogen-bond donors (Lipinski definition) is 1. The van der Waals surface area contributed by atoms with Crippen LogP contribution < -0.4 is 0 Å². The van der Waals surface area contributed by atoms with E-state index in [0.29, 0.717) is 11.8 Å². The van der Waals surface area contributed by atoms with Crippen LogP contribution in [0.3, 0.4) is 0 Å². The van der Waals surface area contributed by atoms with Crippen molar-refractivity contribution in [2.75, 3.05) is 31.6 Å². The molecule has 0 aliphatic carbocycles. The number of aliphatic hydroxyl groups excluding tert-OH is 1. The predicted octanol–water partition coefficient (Wildman–Crippen LogP) is 3.13. The second-order valence-corrected chi connectivity index (χ2v) is 5.70. The van der Waals surface area contributed by atoms with Crippen molar-refractivity contribution in [2.45, 2.75) is 51.1 Å². The Labute approximate surface area is 131 Å². The molecule has 2 rings (SSSR count). The quantitative estimate of drug-likeness (QED) is 0.787. The molecule has 0 aromatic carbocycles. The molecule has 2 aliphatic heterocycles. The summed E-state index contributed by atoms with van der Waals surface area (Å²) in [4.78, 5) is 0. The summed E-state index contributed by atoms with van der Waals surface area (Å²) in [5, 5.41) is 8.36. The van der Waals surface area contributed by atoms with Crippen molar-refractivity contribution in [3.05, 3.63) is 0 Å². The van der Waals surface area contributed by atoms with E-state index in [2.05, 4.69) is 0 Å². The average Bonchev–Trinajstić information content (AvgIpc) is 2.52. The zero-order valence-corrected chi connectivity index (χ0v) is 13.4. The number of alkyl halides is 2. The lowest BCUT2D eigenvalue weighted by molar-refractivity contribution is -0.264. The monoisotopic (exact) mass is 328 g/mol. The Balaban J connectivity index is 0.000000246. The van der Waals surface area contributed by atoms with Crippen LogP contribution in [0.1, 0.15) is 38.5 Å². The van der Waals surface area contributed by atoms with Crippen LogP contribution in [0.5, 0.6) is 0 Å². The van der Waals surface area contributed by atoms with E-state index in [1.807, 2.05) is 0 Å². The van der Waals surface area contributed by atoms with E-state index in [4.69, 9.17) is 42.5 Å². The number of halogens is 2. The van der Waals surface area contributed by atoms with Gasteiger partial charge in [0.25, 0.3) is 0 Å². The summed E-state index contributed by atoms with van der Waals surface area (Å²) < 4.78 is 16.6. The second-order valence-electron chi connectivity index (χ2n) is 5.09. The Morgan fingerprint density at radius 2 is 1.45 bits per heavy atom. The summed E-state index contributed by atoms with van der Waals surface area (Å²) in [6, 6.07) is 0. The smallest absolute Gasteiger partial charge is 0.160 e. The highest BCUT2D eigenvalue weighted by atomic mass is 35.5. The minimum Gasteiger partial charge on any atom is -0.396 e. The van der Waals surface area contributed by atoms with E-state index in [9.17, 15) is 0 Å².